The van der Waals surface area contributed by atoms with Gasteiger partial charge >= 0.3 is 6.18 Å². The van der Waals surface area contributed by atoms with Crippen molar-refractivity contribution in [3.05, 3.63) is 69.7 Å². The number of pyridine rings is 1. The average molecular weight is 563 g/mol. The molecule has 206 valence electrons. The number of halogens is 4. The standard InChI is InChI=1S/C27H26ClF3N4O4/c1-4-5-18(25(36)33-17-7-8-20-15(10-17)13-35(2)34-20)24-23(22(38-3)12-32-26(24)37)19-11-16(28)6-9-21(19)39-14-27(29,30)31/h6-13,18H,4-5,14H2,1-3H3,(H,32,37)(H,33,36). The number of hydrogen-bond acceptors (Lipinski definition) is 5. The molecule has 2 N–H and O–H groups in total. The number of hydrogen-bond donors (Lipinski definition) is 2. The number of amides is 1. The van der Waals surface area contributed by atoms with Crippen LogP contribution in [0, 0.1) is 0 Å². The number of nitrogens with one attached hydrogen (secondary N) is 2. The van der Waals surface area contributed by atoms with E-state index in [1.165, 1.54) is 31.5 Å². The lowest BCUT2D eigenvalue weighted by Gasteiger charge is -2.22. The van der Waals surface area contributed by atoms with Gasteiger partial charge in [0.05, 0.1) is 18.5 Å². The van der Waals surface area contributed by atoms with E-state index in [0.29, 0.717) is 12.1 Å². The molecule has 2 heterocycles. The zero-order chi connectivity index (χ0) is 28.3. The van der Waals surface area contributed by atoms with E-state index >= 15 is 0 Å². The van der Waals surface area contributed by atoms with E-state index in [-0.39, 0.29) is 39.6 Å². The molecule has 0 radical (unpaired) electrons. The lowest BCUT2D eigenvalue weighted by molar-refractivity contribution is -0.153. The van der Waals surface area contributed by atoms with Crippen LogP contribution in [0.1, 0.15) is 31.2 Å². The molecule has 8 nitrogen and oxygen atoms in total. The number of fused-ring (bicyclic) bond motifs is 1. The summed E-state index contributed by atoms with van der Waals surface area (Å²) in [6, 6.07) is 9.27. The Kier molecular flexibility index (Phi) is 8.19. The van der Waals surface area contributed by atoms with Crippen molar-refractivity contribution in [1.82, 2.24) is 14.8 Å². The second-order valence-corrected chi connectivity index (χ2v) is 9.36. The molecule has 2 aromatic heterocycles. The molecule has 0 aliphatic heterocycles. The maximum atomic E-state index is 13.7. The van der Waals surface area contributed by atoms with Gasteiger partial charge in [0.15, 0.2) is 6.61 Å². The van der Waals surface area contributed by atoms with Crippen molar-refractivity contribution in [1.29, 1.82) is 0 Å². The van der Waals surface area contributed by atoms with Gasteiger partial charge in [-0.05, 0) is 42.8 Å². The number of alkyl halides is 3. The Morgan fingerprint density at radius 2 is 1.97 bits per heavy atom. The Morgan fingerprint density at radius 3 is 2.67 bits per heavy atom. The Balaban J connectivity index is 1.83. The van der Waals surface area contributed by atoms with Gasteiger partial charge in [0.25, 0.3) is 5.56 Å². The van der Waals surface area contributed by atoms with E-state index in [1.54, 1.807) is 36.1 Å². The molecule has 2 aromatic carbocycles. The third-order valence-corrected chi connectivity index (χ3v) is 6.28. The summed E-state index contributed by atoms with van der Waals surface area (Å²) in [6.07, 6.45) is -0.710. The first-order valence-electron chi connectivity index (χ1n) is 12.0. The van der Waals surface area contributed by atoms with Crippen molar-refractivity contribution in [3.8, 4) is 22.6 Å². The van der Waals surface area contributed by atoms with Gasteiger partial charge in [0.1, 0.15) is 11.5 Å². The quantitative estimate of drug-likeness (QED) is 0.259. The number of rotatable bonds is 9. The first kappa shape index (κ1) is 28.0. The number of carbonyl (C=O) groups is 1. The minimum atomic E-state index is -4.60. The van der Waals surface area contributed by atoms with Crippen LogP contribution in [0.15, 0.2) is 53.6 Å². The third-order valence-electron chi connectivity index (χ3n) is 6.05. The zero-order valence-electron chi connectivity index (χ0n) is 21.4. The predicted octanol–water partition coefficient (Wildman–Crippen LogP) is 6.05. The molecule has 1 atom stereocenters. The molecule has 0 saturated heterocycles. The van der Waals surface area contributed by atoms with E-state index < -0.39 is 30.2 Å². The first-order chi connectivity index (χ1) is 18.5. The highest BCUT2D eigenvalue weighted by Gasteiger charge is 2.32. The van der Waals surface area contributed by atoms with Crippen LogP contribution in [0.5, 0.6) is 11.5 Å². The molecule has 0 aliphatic carbocycles. The van der Waals surface area contributed by atoms with Crippen LogP contribution in [0.3, 0.4) is 0 Å². The second-order valence-electron chi connectivity index (χ2n) is 8.93. The molecule has 1 unspecified atom stereocenters. The van der Waals surface area contributed by atoms with Gasteiger partial charge in [-0.1, -0.05) is 24.9 Å². The fraction of sp³-hybridized carbons (Fsp3) is 0.296. The third kappa shape index (κ3) is 6.36. The summed E-state index contributed by atoms with van der Waals surface area (Å²) in [4.78, 5) is 29.5. The molecule has 0 bridgehead atoms. The maximum Gasteiger partial charge on any atom is 0.422 e. The highest BCUT2D eigenvalue weighted by Crippen LogP contribution is 2.42. The Labute approximate surface area is 226 Å². The summed E-state index contributed by atoms with van der Waals surface area (Å²) in [5, 5.41) is 8.19. The predicted molar refractivity (Wildman–Crippen MR) is 143 cm³/mol. The number of H-pyrrole nitrogens is 1. The highest BCUT2D eigenvalue weighted by molar-refractivity contribution is 6.31. The van der Waals surface area contributed by atoms with Crippen LogP contribution >= 0.6 is 11.6 Å². The minimum Gasteiger partial charge on any atom is -0.495 e. The summed E-state index contributed by atoms with van der Waals surface area (Å²) >= 11 is 6.21. The van der Waals surface area contributed by atoms with E-state index in [2.05, 4.69) is 15.4 Å². The maximum absolute atomic E-state index is 13.7. The van der Waals surface area contributed by atoms with Crippen LogP contribution < -0.4 is 20.3 Å². The van der Waals surface area contributed by atoms with Crippen LogP contribution in [0.2, 0.25) is 5.02 Å². The van der Waals surface area contributed by atoms with Crippen molar-refractivity contribution in [2.45, 2.75) is 31.9 Å². The molecular formula is C27H26ClF3N4O4. The minimum absolute atomic E-state index is 0.0234. The molecule has 1 amide bonds. The van der Waals surface area contributed by atoms with Gasteiger partial charge in [-0.2, -0.15) is 18.3 Å². The van der Waals surface area contributed by atoms with Crippen molar-refractivity contribution < 1.29 is 27.4 Å². The Bertz CT molecular complexity index is 1570. The van der Waals surface area contributed by atoms with Gasteiger partial charge in [-0.15, -0.1) is 0 Å². The number of methoxy groups -OCH3 is 1. The summed E-state index contributed by atoms with van der Waals surface area (Å²) < 4.78 is 51.2. The number of aryl methyl sites for hydroxylation is 1. The molecule has 0 aliphatic rings. The fourth-order valence-corrected chi connectivity index (χ4v) is 4.61. The summed E-state index contributed by atoms with van der Waals surface area (Å²) in [7, 11) is 3.13. The molecule has 4 aromatic rings. The van der Waals surface area contributed by atoms with E-state index in [1.807, 2.05) is 6.92 Å². The molecule has 0 fully saturated rings. The smallest absolute Gasteiger partial charge is 0.422 e. The van der Waals surface area contributed by atoms with Crippen LogP contribution in [-0.2, 0) is 11.8 Å². The van der Waals surface area contributed by atoms with Gasteiger partial charge in [-0.3, -0.25) is 14.3 Å². The number of nitrogens with zero attached hydrogens (tertiary/aromatic N) is 2. The number of carbonyl (C=O) groups excluding carboxylic acids is 1. The van der Waals surface area contributed by atoms with Crippen LogP contribution in [0.4, 0.5) is 18.9 Å². The topological polar surface area (TPSA) is 98.2 Å². The van der Waals surface area contributed by atoms with Gasteiger partial charge in [0, 0.05) is 52.2 Å². The summed E-state index contributed by atoms with van der Waals surface area (Å²) in [6.45, 7) is 0.297. The van der Waals surface area contributed by atoms with E-state index in [9.17, 15) is 22.8 Å². The number of ether oxygens (including phenoxy) is 2. The summed E-state index contributed by atoms with van der Waals surface area (Å²) in [5.41, 5.74) is 0.894. The molecule has 4 rings (SSSR count). The summed E-state index contributed by atoms with van der Waals surface area (Å²) in [5.74, 6) is -1.49. The lowest BCUT2D eigenvalue weighted by atomic mass is 9.87. The monoisotopic (exact) mass is 562 g/mol. The Hall–Kier alpha value is -3.99. The number of aromatic nitrogens is 3. The van der Waals surface area contributed by atoms with Crippen molar-refractivity contribution in [2.75, 3.05) is 19.0 Å². The zero-order valence-corrected chi connectivity index (χ0v) is 22.1. The van der Waals surface area contributed by atoms with Crippen molar-refractivity contribution >= 4 is 34.1 Å². The van der Waals surface area contributed by atoms with Gasteiger partial charge < -0.3 is 19.8 Å². The van der Waals surface area contributed by atoms with Crippen molar-refractivity contribution in [3.63, 3.8) is 0 Å². The second kappa shape index (κ2) is 11.4. The number of aromatic amines is 1. The fourth-order valence-electron chi connectivity index (χ4n) is 4.43. The average Bonchev–Trinajstić information content (AvgIpc) is 3.25. The first-order valence-corrected chi connectivity index (χ1v) is 12.4. The van der Waals surface area contributed by atoms with Crippen molar-refractivity contribution in [2.24, 2.45) is 7.05 Å². The Morgan fingerprint density at radius 1 is 1.21 bits per heavy atom. The molecule has 12 heteroatoms. The number of benzene rings is 2. The molecule has 39 heavy (non-hydrogen) atoms. The SMILES string of the molecule is CCCC(C(=O)Nc1ccc2nn(C)cc2c1)c1c(-c2cc(Cl)ccc2OCC(F)(F)F)c(OC)c[nH]c1=O. The molecule has 0 saturated carbocycles. The highest BCUT2D eigenvalue weighted by atomic mass is 35.5. The van der Waals surface area contributed by atoms with Crippen LogP contribution in [-0.4, -0.2) is 40.6 Å². The van der Waals surface area contributed by atoms with E-state index in [4.69, 9.17) is 21.1 Å². The number of anilines is 1. The van der Waals surface area contributed by atoms with Gasteiger partial charge in [-0.25, -0.2) is 0 Å². The normalized spacial score (nSPS) is 12.4. The molecular weight excluding hydrogens is 537 g/mol. The van der Waals surface area contributed by atoms with Gasteiger partial charge in [0.2, 0.25) is 5.91 Å². The van der Waals surface area contributed by atoms with Crippen LogP contribution in [0.25, 0.3) is 22.0 Å². The lowest BCUT2D eigenvalue weighted by Crippen LogP contribution is -2.28. The molecule has 0 spiro atoms. The largest absolute Gasteiger partial charge is 0.495 e. The van der Waals surface area contributed by atoms with E-state index in [0.717, 1.165) is 10.9 Å².